The van der Waals surface area contributed by atoms with Crippen molar-refractivity contribution in [3.05, 3.63) is 11.5 Å². The van der Waals surface area contributed by atoms with Crippen LogP contribution in [-0.4, -0.2) is 16.8 Å². The highest BCUT2D eigenvalue weighted by Gasteiger charge is 2.25. The first kappa shape index (κ1) is 5.94. The molecule has 0 aromatic rings. The van der Waals surface area contributed by atoms with Gasteiger partial charge in [0.15, 0.2) is 11.5 Å². The molecule has 1 N–H and O–H groups in total. The number of halogens is 1. The summed E-state index contributed by atoms with van der Waals surface area (Å²) >= 11 is 0. The summed E-state index contributed by atoms with van der Waals surface area (Å²) < 4.78 is 12.2. The van der Waals surface area contributed by atoms with Crippen LogP contribution in [0, 0.1) is 0 Å². The Hall–Kier alpha value is -1.19. The third kappa shape index (κ3) is 0.718. The van der Waals surface area contributed by atoms with E-state index in [0.29, 0.717) is 0 Å². The number of aliphatic carboxylic acids is 1. The summed E-state index contributed by atoms with van der Waals surface area (Å²) in [6, 6.07) is 0. The van der Waals surface area contributed by atoms with Gasteiger partial charge in [-0.1, -0.05) is 0 Å². The fourth-order valence-corrected chi connectivity index (χ4v) is 0.526. The fourth-order valence-electron chi connectivity index (χ4n) is 0.526. The zero-order valence-electron chi connectivity index (χ0n) is 4.68. The number of carboxylic acids is 1. The first-order valence-electron chi connectivity index (χ1n) is 2.31. The second-order valence-electron chi connectivity index (χ2n) is 1.66. The van der Waals surface area contributed by atoms with Crippen molar-refractivity contribution >= 4 is 11.7 Å². The highest BCUT2D eigenvalue weighted by Crippen LogP contribution is 2.19. The molecule has 3 nitrogen and oxygen atoms in total. The van der Waals surface area contributed by atoms with Crippen molar-refractivity contribution in [2.75, 3.05) is 0 Å². The standard InChI is InChI=1S/C5H4FNO2/c1-2-3(6)4(7-2)5(8)9/h1H3,(H,8,9). The molecule has 0 saturated heterocycles. The first-order chi connectivity index (χ1) is 4.13. The Morgan fingerprint density at radius 3 is 2.44 bits per heavy atom. The summed E-state index contributed by atoms with van der Waals surface area (Å²) in [5.41, 5.74) is -0.306. The minimum Gasteiger partial charge on any atom is -0.476 e. The van der Waals surface area contributed by atoms with Crippen LogP contribution in [0.15, 0.2) is 16.5 Å². The molecule has 0 saturated carbocycles. The van der Waals surface area contributed by atoms with E-state index in [2.05, 4.69) is 4.99 Å². The molecule has 0 spiro atoms. The van der Waals surface area contributed by atoms with Crippen molar-refractivity contribution in [1.29, 1.82) is 0 Å². The maximum absolute atomic E-state index is 12.2. The molecule has 1 aliphatic heterocycles. The minimum atomic E-state index is -1.31. The van der Waals surface area contributed by atoms with Crippen molar-refractivity contribution in [2.45, 2.75) is 6.92 Å². The van der Waals surface area contributed by atoms with E-state index in [1.165, 1.54) is 6.92 Å². The van der Waals surface area contributed by atoms with Crippen LogP contribution in [0.1, 0.15) is 6.92 Å². The predicted octanol–water partition coefficient (Wildman–Crippen LogP) is 0.727. The van der Waals surface area contributed by atoms with Crippen LogP contribution in [-0.2, 0) is 4.79 Å². The van der Waals surface area contributed by atoms with Gasteiger partial charge >= 0.3 is 5.97 Å². The van der Waals surface area contributed by atoms with Gasteiger partial charge in [-0.05, 0) is 6.92 Å². The highest BCUT2D eigenvalue weighted by atomic mass is 19.1. The Morgan fingerprint density at radius 2 is 2.33 bits per heavy atom. The molecule has 0 amide bonds. The summed E-state index contributed by atoms with van der Waals surface area (Å²) in [5, 5.41) is 8.12. The van der Waals surface area contributed by atoms with Gasteiger partial charge < -0.3 is 5.11 Å². The normalized spacial score (nSPS) is 16.9. The third-order valence-electron chi connectivity index (χ3n) is 1.01. The van der Waals surface area contributed by atoms with Crippen molar-refractivity contribution in [3.8, 4) is 0 Å². The quantitative estimate of drug-likeness (QED) is 0.567. The van der Waals surface area contributed by atoms with Gasteiger partial charge in [0.2, 0.25) is 0 Å². The molecular weight excluding hydrogens is 125 g/mol. The van der Waals surface area contributed by atoms with Gasteiger partial charge in [-0.15, -0.1) is 0 Å². The lowest BCUT2D eigenvalue weighted by Gasteiger charge is -2.08. The number of rotatable bonds is 1. The summed E-state index contributed by atoms with van der Waals surface area (Å²) in [7, 11) is 0. The number of nitrogens with zero attached hydrogens (tertiary/aromatic N) is 1. The van der Waals surface area contributed by atoms with Crippen molar-refractivity contribution < 1.29 is 14.3 Å². The average molecular weight is 129 g/mol. The van der Waals surface area contributed by atoms with E-state index in [1.54, 1.807) is 0 Å². The molecule has 4 heteroatoms. The lowest BCUT2D eigenvalue weighted by atomic mass is 10.2. The largest absolute Gasteiger partial charge is 0.476 e. The molecule has 0 unspecified atom stereocenters. The zero-order chi connectivity index (χ0) is 7.02. The van der Waals surface area contributed by atoms with E-state index < -0.39 is 17.5 Å². The molecule has 1 heterocycles. The second-order valence-corrected chi connectivity index (χ2v) is 1.66. The fraction of sp³-hybridized carbons (Fsp3) is 0.200. The monoisotopic (exact) mass is 129 g/mol. The number of hydrogen-bond donors (Lipinski definition) is 1. The number of carboxylic acid groups (broad SMARTS) is 1. The highest BCUT2D eigenvalue weighted by molar-refractivity contribution is 6.44. The molecular formula is C5H4FNO2. The van der Waals surface area contributed by atoms with Gasteiger partial charge in [-0.3, -0.25) is 0 Å². The maximum atomic E-state index is 12.2. The minimum absolute atomic E-state index is 0.160. The van der Waals surface area contributed by atoms with Gasteiger partial charge in [0.1, 0.15) is 0 Å². The van der Waals surface area contributed by atoms with Gasteiger partial charge in [0, 0.05) is 0 Å². The van der Waals surface area contributed by atoms with Crippen LogP contribution in [0.3, 0.4) is 0 Å². The van der Waals surface area contributed by atoms with Crippen LogP contribution < -0.4 is 0 Å². The molecule has 0 fully saturated rings. The lowest BCUT2D eigenvalue weighted by molar-refractivity contribution is -0.129. The third-order valence-corrected chi connectivity index (χ3v) is 1.01. The van der Waals surface area contributed by atoms with Crippen LogP contribution >= 0.6 is 0 Å². The van der Waals surface area contributed by atoms with Crippen LogP contribution in [0.4, 0.5) is 4.39 Å². The predicted molar refractivity (Wildman–Crippen MR) is 28.9 cm³/mol. The smallest absolute Gasteiger partial charge is 0.357 e. The summed E-state index contributed by atoms with van der Waals surface area (Å²) in [4.78, 5) is 13.3. The number of carbonyl (C=O) groups is 1. The molecule has 48 valence electrons. The molecule has 0 aliphatic carbocycles. The van der Waals surface area contributed by atoms with E-state index in [-0.39, 0.29) is 5.70 Å². The van der Waals surface area contributed by atoms with Gasteiger partial charge in [-0.25, -0.2) is 14.2 Å². The summed E-state index contributed by atoms with van der Waals surface area (Å²) in [5.74, 6) is -2.01. The zero-order valence-corrected chi connectivity index (χ0v) is 4.68. The van der Waals surface area contributed by atoms with E-state index in [1.807, 2.05) is 0 Å². The van der Waals surface area contributed by atoms with E-state index in [9.17, 15) is 9.18 Å². The molecule has 9 heavy (non-hydrogen) atoms. The van der Waals surface area contributed by atoms with Crippen LogP contribution in [0.25, 0.3) is 0 Å². The Balaban J connectivity index is 2.75. The second kappa shape index (κ2) is 1.65. The Kier molecular flexibility index (Phi) is 1.09. The number of hydrogen-bond acceptors (Lipinski definition) is 2. The molecule has 1 rings (SSSR count). The molecule has 0 aromatic carbocycles. The average Bonchev–Trinajstić information content (AvgIpc) is 1.81. The summed E-state index contributed by atoms with van der Waals surface area (Å²) in [6.45, 7) is 1.42. The van der Waals surface area contributed by atoms with E-state index >= 15 is 0 Å². The molecule has 0 aromatic heterocycles. The Labute approximate surface area is 50.5 Å². The Morgan fingerprint density at radius 1 is 1.78 bits per heavy atom. The van der Waals surface area contributed by atoms with E-state index in [0.717, 1.165) is 0 Å². The van der Waals surface area contributed by atoms with Gasteiger partial charge in [0.05, 0.1) is 5.70 Å². The van der Waals surface area contributed by atoms with E-state index in [4.69, 9.17) is 5.11 Å². The summed E-state index contributed by atoms with van der Waals surface area (Å²) in [6.07, 6.45) is 0. The molecule has 0 bridgehead atoms. The van der Waals surface area contributed by atoms with Crippen molar-refractivity contribution in [1.82, 2.24) is 0 Å². The molecule has 0 atom stereocenters. The number of aliphatic imine (C=N–C) groups is 1. The lowest BCUT2D eigenvalue weighted by Crippen LogP contribution is -2.20. The Bertz CT molecular complexity index is 229. The van der Waals surface area contributed by atoms with Crippen molar-refractivity contribution in [3.63, 3.8) is 0 Å². The number of allylic oxidation sites excluding steroid dienone is 1. The molecule has 1 aliphatic rings. The molecule has 0 radical (unpaired) electrons. The van der Waals surface area contributed by atoms with Gasteiger partial charge in [-0.2, -0.15) is 0 Å². The van der Waals surface area contributed by atoms with Gasteiger partial charge in [0.25, 0.3) is 0 Å². The topological polar surface area (TPSA) is 49.7 Å². The van der Waals surface area contributed by atoms with Crippen molar-refractivity contribution in [2.24, 2.45) is 4.99 Å². The SMILES string of the molecule is CC1=C(F)C(C(=O)O)=N1. The maximum Gasteiger partial charge on any atom is 0.357 e. The van der Waals surface area contributed by atoms with Crippen LogP contribution in [0.5, 0.6) is 0 Å². The first-order valence-corrected chi connectivity index (χ1v) is 2.31. The van der Waals surface area contributed by atoms with Crippen LogP contribution in [0.2, 0.25) is 0 Å².